The van der Waals surface area contributed by atoms with Gasteiger partial charge in [0, 0.05) is 24.0 Å². The zero-order chi connectivity index (χ0) is 21.1. The van der Waals surface area contributed by atoms with E-state index in [1.54, 1.807) is 42.6 Å². The van der Waals surface area contributed by atoms with Crippen molar-refractivity contribution >= 4 is 40.2 Å². The summed E-state index contributed by atoms with van der Waals surface area (Å²) in [5.41, 5.74) is 1.63. The number of nitrogens with zero attached hydrogens (tertiary/aromatic N) is 2. The first-order valence-electron chi connectivity index (χ1n) is 9.00. The van der Waals surface area contributed by atoms with Crippen LogP contribution < -0.4 is 9.47 Å². The van der Waals surface area contributed by atoms with Crippen molar-refractivity contribution in [2.75, 3.05) is 6.61 Å². The van der Waals surface area contributed by atoms with Gasteiger partial charge in [-0.1, -0.05) is 29.3 Å². The number of benzene rings is 2. The molecule has 2 aromatic heterocycles. The van der Waals surface area contributed by atoms with Gasteiger partial charge >= 0.3 is 5.97 Å². The maximum absolute atomic E-state index is 10.8. The van der Waals surface area contributed by atoms with Gasteiger partial charge in [0.2, 0.25) is 0 Å². The first kappa shape index (κ1) is 20.1. The number of fused-ring (bicyclic) bond motifs is 1. The van der Waals surface area contributed by atoms with Gasteiger partial charge in [-0.2, -0.15) is 0 Å². The number of hydrogen-bond donors (Lipinski definition) is 1. The minimum atomic E-state index is -1.07. The maximum atomic E-state index is 10.8. The molecule has 30 heavy (non-hydrogen) atoms. The number of carbonyl (C=O) groups is 1. The third-order valence-corrected chi connectivity index (χ3v) is 4.90. The van der Waals surface area contributed by atoms with E-state index in [1.165, 1.54) is 0 Å². The van der Waals surface area contributed by atoms with E-state index >= 15 is 0 Å². The second-order valence-electron chi connectivity index (χ2n) is 6.50. The van der Waals surface area contributed by atoms with Gasteiger partial charge in [0.15, 0.2) is 12.4 Å². The lowest BCUT2D eigenvalue weighted by Crippen LogP contribution is -2.10. The highest BCUT2D eigenvalue weighted by molar-refractivity contribution is 6.32. The summed E-state index contributed by atoms with van der Waals surface area (Å²) in [5, 5.41) is 10.7. The van der Waals surface area contributed by atoms with Crippen molar-refractivity contribution < 1.29 is 19.4 Å². The summed E-state index contributed by atoms with van der Waals surface area (Å²) in [6, 6.07) is 16.2. The molecular weight excluding hydrogens is 427 g/mol. The average molecular weight is 443 g/mol. The van der Waals surface area contributed by atoms with Crippen LogP contribution in [0.15, 0.2) is 67.0 Å². The van der Waals surface area contributed by atoms with Gasteiger partial charge in [-0.15, -0.1) is 0 Å². The molecule has 2 aromatic carbocycles. The highest BCUT2D eigenvalue weighted by atomic mass is 35.5. The largest absolute Gasteiger partial charge is 0.480 e. The number of ether oxygens (including phenoxy) is 2. The Morgan fingerprint density at radius 1 is 1.07 bits per heavy atom. The third kappa shape index (κ3) is 4.50. The minimum absolute atomic E-state index is 0.318. The molecule has 4 rings (SSSR count). The molecule has 4 aromatic rings. The number of halogens is 2. The molecule has 152 valence electrons. The van der Waals surface area contributed by atoms with Gasteiger partial charge in [0.25, 0.3) is 0 Å². The number of aromatic nitrogens is 2. The van der Waals surface area contributed by atoms with Crippen LogP contribution in [0.4, 0.5) is 0 Å². The van der Waals surface area contributed by atoms with Crippen molar-refractivity contribution in [2.24, 2.45) is 0 Å². The number of rotatable bonds is 7. The van der Waals surface area contributed by atoms with Crippen LogP contribution in [-0.2, 0) is 11.3 Å². The Labute approximate surface area is 182 Å². The second kappa shape index (κ2) is 8.65. The topological polar surface area (TPSA) is 73.6 Å². The van der Waals surface area contributed by atoms with Crippen LogP contribution in [0, 0.1) is 0 Å². The normalized spacial score (nSPS) is 10.9. The first-order valence-corrected chi connectivity index (χ1v) is 9.75. The Balaban J connectivity index is 1.64. The lowest BCUT2D eigenvalue weighted by atomic mass is 10.2. The van der Waals surface area contributed by atoms with E-state index in [4.69, 9.17) is 37.8 Å². The molecule has 0 atom stereocenters. The Morgan fingerprint density at radius 2 is 1.87 bits per heavy atom. The molecule has 1 N–H and O–H groups in total. The second-order valence-corrected chi connectivity index (χ2v) is 7.34. The van der Waals surface area contributed by atoms with Crippen molar-refractivity contribution in [1.29, 1.82) is 0 Å². The van der Waals surface area contributed by atoms with Crippen LogP contribution in [0.25, 0.3) is 11.0 Å². The van der Waals surface area contributed by atoms with E-state index in [0.29, 0.717) is 33.8 Å². The smallest absolute Gasteiger partial charge is 0.341 e. The standard InChI is InChI=1S/C22H16Cl2N2O4/c23-15-4-6-16(7-5-15)30-20-12-26(22-17(20)2-1-9-25-22)11-14-3-8-18(24)19(10-14)29-13-21(27)28/h1-10,12H,11,13H2,(H,27,28). The van der Waals surface area contributed by atoms with Gasteiger partial charge in [0.1, 0.15) is 17.1 Å². The van der Waals surface area contributed by atoms with E-state index < -0.39 is 12.6 Å². The fourth-order valence-corrected chi connectivity index (χ4v) is 3.31. The van der Waals surface area contributed by atoms with E-state index in [-0.39, 0.29) is 0 Å². The molecule has 0 fully saturated rings. The van der Waals surface area contributed by atoms with Crippen molar-refractivity contribution in [3.8, 4) is 17.2 Å². The number of aliphatic carboxylic acids is 1. The number of carboxylic acid groups (broad SMARTS) is 1. The predicted molar refractivity (Wildman–Crippen MR) is 115 cm³/mol. The number of carboxylic acids is 1. The lowest BCUT2D eigenvalue weighted by Gasteiger charge is -2.09. The summed E-state index contributed by atoms with van der Waals surface area (Å²) in [7, 11) is 0. The molecule has 0 saturated heterocycles. The Kier molecular flexibility index (Phi) is 5.79. The predicted octanol–water partition coefficient (Wildman–Crippen LogP) is 5.65. The van der Waals surface area contributed by atoms with Crippen molar-refractivity contribution in [2.45, 2.75) is 6.54 Å². The molecule has 2 heterocycles. The van der Waals surface area contributed by atoms with Gasteiger partial charge < -0.3 is 19.1 Å². The lowest BCUT2D eigenvalue weighted by molar-refractivity contribution is -0.139. The fourth-order valence-electron chi connectivity index (χ4n) is 3.01. The minimum Gasteiger partial charge on any atom is -0.480 e. The summed E-state index contributed by atoms with van der Waals surface area (Å²) in [4.78, 5) is 15.3. The van der Waals surface area contributed by atoms with Crippen molar-refractivity contribution in [1.82, 2.24) is 9.55 Å². The molecule has 0 aliphatic rings. The zero-order valence-electron chi connectivity index (χ0n) is 15.6. The van der Waals surface area contributed by atoms with E-state index in [9.17, 15) is 4.79 Å². The molecule has 0 unspecified atom stereocenters. The number of pyridine rings is 1. The molecule has 6 nitrogen and oxygen atoms in total. The molecule has 0 bridgehead atoms. The van der Waals surface area contributed by atoms with Crippen LogP contribution in [0.1, 0.15) is 5.56 Å². The van der Waals surface area contributed by atoms with Crippen LogP contribution in [0.5, 0.6) is 17.2 Å². The van der Waals surface area contributed by atoms with Gasteiger partial charge in [0.05, 0.1) is 10.4 Å². The van der Waals surface area contributed by atoms with Crippen molar-refractivity contribution in [3.05, 3.63) is 82.6 Å². The molecular formula is C22H16Cl2N2O4. The van der Waals surface area contributed by atoms with Gasteiger partial charge in [-0.05, 0) is 54.1 Å². The third-order valence-electron chi connectivity index (χ3n) is 4.34. The summed E-state index contributed by atoms with van der Waals surface area (Å²) < 4.78 is 13.3. The average Bonchev–Trinajstić information content (AvgIpc) is 3.07. The molecule has 8 heteroatoms. The van der Waals surface area contributed by atoms with Gasteiger partial charge in [-0.25, -0.2) is 9.78 Å². The zero-order valence-corrected chi connectivity index (χ0v) is 17.1. The van der Waals surface area contributed by atoms with Crippen LogP contribution in [0.2, 0.25) is 10.0 Å². The first-order chi connectivity index (χ1) is 14.5. The van der Waals surface area contributed by atoms with Gasteiger partial charge in [-0.3, -0.25) is 0 Å². The molecule has 0 radical (unpaired) electrons. The van der Waals surface area contributed by atoms with E-state index in [2.05, 4.69) is 4.98 Å². The molecule has 0 saturated carbocycles. The summed E-state index contributed by atoms with van der Waals surface area (Å²) in [6.07, 6.45) is 3.59. The molecule has 0 aliphatic carbocycles. The van der Waals surface area contributed by atoms with Crippen LogP contribution in [0.3, 0.4) is 0 Å². The SMILES string of the molecule is O=C(O)COc1cc(Cn2cc(Oc3ccc(Cl)cc3)c3cccnc32)ccc1Cl. The highest BCUT2D eigenvalue weighted by Gasteiger charge is 2.13. The maximum Gasteiger partial charge on any atom is 0.341 e. The molecule has 0 aliphatic heterocycles. The Bertz CT molecular complexity index is 1210. The summed E-state index contributed by atoms with van der Waals surface area (Å²) in [5.74, 6) is 0.578. The van der Waals surface area contributed by atoms with E-state index in [1.807, 2.05) is 29.0 Å². The van der Waals surface area contributed by atoms with Crippen LogP contribution in [-0.4, -0.2) is 27.2 Å². The fraction of sp³-hybridized carbons (Fsp3) is 0.0909. The monoisotopic (exact) mass is 442 g/mol. The quantitative estimate of drug-likeness (QED) is 0.400. The summed E-state index contributed by atoms with van der Waals surface area (Å²) >= 11 is 12.1. The molecule has 0 spiro atoms. The van der Waals surface area contributed by atoms with E-state index in [0.717, 1.165) is 16.6 Å². The Hall–Kier alpha value is -3.22. The Morgan fingerprint density at radius 3 is 2.63 bits per heavy atom. The van der Waals surface area contributed by atoms with Crippen molar-refractivity contribution in [3.63, 3.8) is 0 Å². The number of hydrogen-bond acceptors (Lipinski definition) is 4. The molecule has 0 amide bonds. The van der Waals surface area contributed by atoms with Crippen LogP contribution >= 0.6 is 23.2 Å². The highest BCUT2D eigenvalue weighted by Crippen LogP contribution is 2.32. The summed E-state index contributed by atoms with van der Waals surface area (Å²) in [6.45, 7) is 0.00828.